The molecule has 0 aromatic heterocycles. The van der Waals surface area contributed by atoms with Gasteiger partial charge in [0.15, 0.2) is 0 Å². The quantitative estimate of drug-likeness (QED) is 0.711. The highest BCUT2D eigenvalue weighted by molar-refractivity contribution is 7.91. The lowest BCUT2D eigenvalue weighted by atomic mass is 9.95. The molecule has 3 rings (SSSR count). The van der Waals surface area contributed by atoms with Crippen LogP contribution in [-0.2, 0) is 33.2 Å². The van der Waals surface area contributed by atoms with E-state index in [9.17, 15) is 26.4 Å². The summed E-state index contributed by atoms with van der Waals surface area (Å²) in [5.41, 5.74) is 0.489. The number of fused-ring (bicyclic) bond motifs is 1. The molecule has 2 aromatic rings. The number of benzene rings is 2. The summed E-state index contributed by atoms with van der Waals surface area (Å²) in [6.45, 7) is 3.82. The van der Waals surface area contributed by atoms with Gasteiger partial charge in [-0.05, 0) is 43.0 Å². The lowest BCUT2D eigenvalue weighted by Gasteiger charge is -2.32. The van der Waals surface area contributed by atoms with Crippen molar-refractivity contribution >= 4 is 27.3 Å². The van der Waals surface area contributed by atoms with Gasteiger partial charge < -0.3 is 4.90 Å². The topological polar surface area (TPSA) is 66.5 Å². The maximum absolute atomic E-state index is 13.8. The number of nitrogens with zero attached hydrogens (tertiary/aromatic N) is 1. The normalized spacial score (nSPS) is 14.6. The molecule has 0 unspecified atom stereocenters. The highest BCUT2D eigenvalue weighted by Gasteiger charge is 2.39. The third-order valence-electron chi connectivity index (χ3n) is 4.87. The summed E-state index contributed by atoms with van der Waals surface area (Å²) in [7, 11) is -3.92. The SMILES string of the molecule is CCCN1C(=O)CCc2cc(NS(=O)(=O)Cc3ccc(C)cc3)cc(C(F)(F)F)c21. The Labute approximate surface area is 173 Å². The first-order valence-electron chi connectivity index (χ1n) is 9.60. The standard InChI is InChI=1S/C21H23F3N2O3S/c1-3-10-26-19(27)9-8-16-11-17(12-18(20(16)26)21(22,23)24)25-30(28,29)13-15-6-4-14(2)5-7-15/h4-7,11-12,25H,3,8-10,13H2,1-2H3. The molecule has 0 spiro atoms. The molecule has 9 heteroatoms. The Hall–Kier alpha value is -2.55. The fraction of sp³-hybridized carbons (Fsp3) is 0.381. The number of hydrogen-bond acceptors (Lipinski definition) is 3. The van der Waals surface area contributed by atoms with Crippen molar-refractivity contribution in [2.24, 2.45) is 0 Å². The van der Waals surface area contributed by atoms with E-state index < -0.39 is 21.8 Å². The van der Waals surface area contributed by atoms with E-state index in [1.54, 1.807) is 31.2 Å². The van der Waals surface area contributed by atoms with E-state index in [0.717, 1.165) is 16.5 Å². The Balaban J connectivity index is 1.98. The highest BCUT2D eigenvalue weighted by Crippen LogP contribution is 2.43. The molecule has 1 amide bonds. The predicted octanol–water partition coefficient (Wildman–Crippen LogP) is 4.64. The molecule has 0 atom stereocenters. The van der Waals surface area contributed by atoms with Gasteiger partial charge in [-0.25, -0.2) is 8.42 Å². The number of sulfonamides is 1. The van der Waals surface area contributed by atoms with Crippen LogP contribution in [0, 0.1) is 6.92 Å². The smallest absolute Gasteiger partial charge is 0.312 e. The maximum Gasteiger partial charge on any atom is 0.418 e. The number of carbonyl (C=O) groups is 1. The molecule has 0 saturated carbocycles. The largest absolute Gasteiger partial charge is 0.418 e. The van der Waals surface area contributed by atoms with Crippen molar-refractivity contribution in [1.29, 1.82) is 0 Å². The highest BCUT2D eigenvalue weighted by atomic mass is 32.2. The number of anilines is 2. The first kappa shape index (κ1) is 22.1. The molecule has 2 aromatic carbocycles. The summed E-state index contributed by atoms with van der Waals surface area (Å²) < 4.78 is 68.8. The Morgan fingerprint density at radius 1 is 1.10 bits per heavy atom. The molecule has 162 valence electrons. The zero-order chi connectivity index (χ0) is 22.1. The second-order valence-electron chi connectivity index (χ2n) is 7.42. The molecule has 0 aliphatic carbocycles. The van der Waals surface area contributed by atoms with Gasteiger partial charge in [0.05, 0.1) is 17.0 Å². The third kappa shape index (κ3) is 4.95. The van der Waals surface area contributed by atoms with Crippen molar-refractivity contribution in [2.75, 3.05) is 16.2 Å². The van der Waals surface area contributed by atoms with E-state index >= 15 is 0 Å². The molecular formula is C21H23F3N2O3S. The number of halogens is 3. The van der Waals surface area contributed by atoms with Gasteiger partial charge in [-0.2, -0.15) is 13.2 Å². The maximum atomic E-state index is 13.8. The van der Waals surface area contributed by atoms with Crippen LogP contribution in [0.25, 0.3) is 0 Å². The fourth-order valence-corrected chi connectivity index (χ4v) is 4.74. The van der Waals surface area contributed by atoms with Crippen LogP contribution in [-0.4, -0.2) is 20.9 Å². The zero-order valence-corrected chi connectivity index (χ0v) is 17.5. The van der Waals surface area contributed by atoms with Crippen molar-refractivity contribution < 1.29 is 26.4 Å². The summed E-state index contributed by atoms with van der Waals surface area (Å²) in [6, 6.07) is 9.03. The van der Waals surface area contributed by atoms with E-state index in [2.05, 4.69) is 4.72 Å². The van der Waals surface area contributed by atoms with Gasteiger partial charge in [0.1, 0.15) is 0 Å². The minimum absolute atomic E-state index is 0.0872. The second-order valence-corrected chi connectivity index (χ2v) is 9.14. The number of alkyl halides is 3. The lowest BCUT2D eigenvalue weighted by Crippen LogP contribution is -2.37. The Morgan fingerprint density at radius 3 is 2.37 bits per heavy atom. The van der Waals surface area contributed by atoms with Crippen LogP contribution in [0.15, 0.2) is 36.4 Å². The molecule has 0 fully saturated rings. The van der Waals surface area contributed by atoms with Gasteiger partial charge in [0.2, 0.25) is 15.9 Å². The monoisotopic (exact) mass is 440 g/mol. The van der Waals surface area contributed by atoms with Gasteiger partial charge in [-0.3, -0.25) is 9.52 Å². The van der Waals surface area contributed by atoms with Crippen LogP contribution in [0.5, 0.6) is 0 Å². The molecular weight excluding hydrogens is 417 g/mol. The fourth-order valence-electron chi connectivity index (χ4n) is 3.56. The average Bonchev–Trinajstić information content (AvgIpc) is 2.64. The third-order valence-corrected chi connectivity index (χ3v) is 6.13. The molecule has 1 aliphatic heterocycles. The Kier molecular flexibility index (Phi) is 6.12. The van der Waals surface area contributed by atoms with Gasteiger partial charge in [0, 0.05) is 18.7 Å². The van der Waals surface area contributed by atoms with Gasteiger partial charge >= 0.3 is 6.18 Å². The molecule has 5 nitrogen and oxygen atoms in total. The molecule has 30 heavy (non-hydrogen) atoms. The molecule has 0 saturated heterocycles. The van der Waals surface area contributed by atoms with Crippen LogP contribution < -0.4 is 9.62 Å². The number of amides is 1. The summed E-state index contributed by atoms with van der Waals surface area (Å²) in [4.78, 5) is 13.4. The zero-order valence-electron chi connectivity index (χ0n) is 16.7. The van der Waals surface area contributed by atoms with Gasteiger partial charge in [-0.15, -0.1) is 0 Å². The van der Waals surface area contributed by atoms with Crippen molar-refractivity contribution in [1.82, 2.24) is 0 Å². The van der Waals surface area contributed by atoms with E-state index in [-0.39, 0.29) is 42.4 Å². The number of hydrogen-bond donors (Lipinski definition) is 1. The summed E-state index contributed by atoms with van der Waals surface area (Å²) in [5.74, 6) is -0.714. The van der Waals surface area contributed by atoms with Crippen molar-refractivity contribution in [3.05, 3.63) is 58.7 Å². The van der Waals surface area contributed by atoms with E-state index in [1.807, 2.05) is 6.92 Å². The number of carbonyl (C=O) groups excluding carboxylic acids is 1. The van der Waals surface area contributed by atoms with Crippen LogP contribution in [0.1, 0.15) is 42.0 Å². The van der Waals surface area contributed by atoms with Gasteiger partial charge in [-0.1, -0.05) is 36.8 Å². The average molecular weight is 440 g/mol. The lowest BCUT2D eigenvalue weighted by molar-refractivity contribution is -0.137. The second kappa shape index (κ2) is 8.29. The molecule has 1 heterocycles. The van der Waals surface area contributed by atoms with Crippen LogP contribution in [0.2, 0.25) is 0 Å². The van der Waals surface area contributed by atoms with Crippen LogP contribution in [0.3, 0.4) is 0 Å². The van der Waals surface area contributed by atoms with Crippen LogP contribution in [0.4, 0.5) is 24.5 Å². The summed E-state index contributed by atoms with van der Waals surface area (Å²) >= 11 is 0. The predicted molar refractivity (Wildman–Crippen MR) is 110 cm³/mol. The van der Waals surface area contributed by atoms with E-state index in [4.69, 9.17) is 0 Å². The number of rotatable bonds is 6. The van der Waals surface area contributed by atoms with E-state index in [0.29, 0.717) is 17.5 Å². The Bertz CT molecular complexity index is 1050. The number of aryl methyl sites for hydroxylation is 2. The van der Waals surface area contributed by atoms with Gasteiger partial charge in [0.25, 0.3) is 0 Å². The summed E-state index contributed by atoms with van der Waals surface area (Å²) in [6.07, 6.45) is -4.01. The molecule has 1 aliphatic rings. The molecule has 0 bridgehead atoms. The summed E-state index contributed by atoms with van der Waals surface area (Å²) in [5, 5.41) is 0. The van der Waals surface area contributed by atoms with Crippen molar-refractivity contribution in [3.63, 3.8) is 0 Å². The first-order valence-corrected chi connectivity index (χ1v) is 11.3. The Morgan fingerprint density at radius 2 is 1.77 bits per heavy atom. The minimum atomic E-state index is -4.73. The first-order chi connectivity index (χ1) is 14.0. The molecule has 0 radical (unpaired) electrons. The van der Waals surface area contributed by atoms with E-state index in [1.165, 1.54) is 6.07 Å². The molecule has 1 N–H and O–H groups in total. The van der Waals surface area contributed by atoms with Crippen molar-refractivity contribution in [3.8, 4) is 0 Å². The van der Waals surface area contributed by atoms with Crippen molar-refractivity contribution in [2.45, 2.75) is 45.0 Å². The number of nitrogens with one attached hydrogen (secondary N) is 1. The van der Waals surface area contributed by atoms with Crippen LogP contribution >= 0.6 is 0 Å². The minimum Gasteiger partial charge on any atom is -0.312 e.